The van der Waals surface area contributed by atoms with Gasteiger partial charge >= 0.3 is 0 Å². The summed E-state index contributed by atoms with van der Waals surface area (Å²) in [5.74, 6) is 0. The molecule has 1 aliphatic rings. The van der Waals surface area contributed by atoms with Crippen molar-refractivity contribution < 1.29 is 21.6 Å². The van der Waals surface area contributed by atoms with Crippen LogP contribution in [0.2, 0.25) is 0 Å². The van der Waals surface area contributed by atoms with E-state index in [-0.39, 0.29) is 22.9 Å². The normalized spacial score (nSPS) is 15.7. The number of ether oxygens (including phenoxy) is 1. The lowest BCUT2D eigenvalue weighted by Crippen LogP contribution is -2.40. The lowest BCUT2D eigenvalue weighted by atomic mass is 10.2. The van der Waals surface area contributed by atoms with E-state index in [0.717, 1.165) is 4.31 Å². The number of morpholine rings is 1. The summed E-state index contributed by atoms with van der Waals surface area (Å²) in [6.07, 6.45) is 0. The van der Waals surface area contributed by atoms with E-state index in [4.69, 9.17) is 10.00 Å². The second-order valence-electron chi connectivity index (χ2n) is 6.12. The van der Waals surface area contributed by atoms with Gasteiger partial charge in [-0.05, 0) is 42.5 Å². The second-order valence-corrected chi connectivity index (χ2v) is 10.0. The van der Waals surface area contributed by atoms with Crippen LogP contribution in [0.15, 0.2) is 58.3 Å². The fraction of sp³-hybridized carbons (Fsp3) is 0.278. The highest BCUT2D eigenvalue weighted by Crippen LogP contribution is 2.25. The third-order valence-corrected chi connectivity index (χ3v) is 8.14. The quantitative estimate of drug-likeness (QED) is 0.722. The first-order valence-electron chi connectivity index (χ1n) is 8.44. The van der Waals surface area contributed by atoms with Gasteiger partial charge in [0.05, 0.1) is 40.3 Å². The molecule has 0 spiro atoms. The Bertz CT molecular complexity index is 1100. The Morgan fingerprint density at radius 2 is 1.61 bits per heavy atom. The molecule has 3 rings (SSSR count). The number of nitrogens with zero attached hydrogens (tertiary/aromatic N) is 3. The summed E-state index contributed by atoms with van der Waals surface area (Å²) in [5.41, 5.74) is 0.676. The minimum Gasteiger partial charge on any atom is -0.379 e. The number of hydrogen-bond acceptors (Lipinski definition) is 6. The van der Waals surface area contributed by atoms with Gasteiger partial charge in [-0.2, -0.15) is 9.57 Å². The predicted octanol–water partition coefficient (Wildman–Crippen LogP) is 1.40. The fourth-order valence-corrected chi connectivity index (χ4v) is 5.38. The Hall–Kier alpha value is -2.45. The van der Waals surface area contributed by atoms with Crippen molar-refractivity contribution in [2.45, 2.75) is 9.79 Å². The van der Waals surface area contributed by atoms with E-state index in [1.165, 1.54) is 41.7 Å². The van der Waals surface area contributed by atoms with Crippen molar-refractivity contribution in [2.24, 2.45) is 0 Å². The third-order valence-electron chi connectivity index (χ3n) is 4.43. The molecule has 0 unspecified atom stereocenters. The highest BCUT2D eigenvalue weighted by molar-refractivity contribution is 7.92. The van der Waals surface area contributed by atoms with Crippen LogP contribution in [-0.4, -0.2) is 54.5 Å². The molecule has 1 aliphatic heterocycles. The molecule has 1 heterocycles. The third kappa shape index (κ3) is 3.88. The molecular formula is C18H19N3O5S2. The monoisotopic (exact) mass is 421 g/mol. The SMILES string of the molecule is CN(c1cccc(C#N)c1)S(=O)(=O)c1ccc(S(=O)(=O)N2CCOCC2)cc1. The summed E-state index contributed by atoms with van der Waals surface area (Å²) >= 11 is 0. The standard InChI is InChI=1S/C18H19N3O5S2/c1-20(16-4-2-3-15(13-16)14-19)27(22,23)17-5-7-18(8-6-17)28(24,25)21-9-11-26-12-10-21/h2-8,13H,9-12H2,1H3. The van der Waals surface area contributed by atoms with Gasteiger partial charge in [0.25, 0.3) is 10.0 Å². The minimum absolute atomic E-state index is 0.0301. The molecule has 1 fully saturated rings. The van der Waals surface area contributed by atoms with Crippen LogP contribution in [0.1, 0.15) is 5.56 Å². The summed E-state index contributed by atoms with van der Waals surface area (Å²) in [5, 5.41) is 8.99. The topological polar surface area (TPSA) is 108 Å². The first-order valence-corrected chi connectivity index (χ1v) is 11.3. The molecule has 0 aliphatic carbocycles. The first kappa shape index (κ1) is 20.3. The van der Waals surface area contributed by atoms with Crippen LogP contribution in [0, 0.1) is 11.3 Å². The van der Waals surface area contributed by atoms with E-state index in [9.17, 15) is 16.8 Å². The minimum atomic E-state index is -3.91. The second kappa shape index (κ2) is 7.89. The predicted molar refractivity (Wildman–Crippen MR) is 103 cm³/mol. The molecule has 1 saturated heterocycles. The van der Waals surface area contributed by atoms with Gasteiger partial charge in [-0.3, -0.25) is 4.31 Å². The van der Waals surface area contributed by atoms with E-state index in [1.54, 1.807) is 18.2 Å². The molecule has 0 amide bonds. The van der Waals surface area contributed by atoms with E-state index in [1.807, 2.05) is 6.07 Å². The molecule has 0 saturated carbocycles. The van der Waals surface area contributed by atoms with Gasteiger partial charge in [0.2, 0.25) is 10.0 Å². The Morgan fingerprint density at radius 1 is 1.00 bits per heavy atom. The molecule has 10 heteroatoms. The van der Waals surface area contributed by atoms with Crippen LogP contribution in [0.3, 0.4) is 0 Å². The van der Waals surface area contributed by atoms with Crippen molar-refractivity contribution in [3.8, 4) is 6.07 Å². The Kier molecular flexibility index (Phi) is 5.71. The molecule has 28 heavy (non-hydrogen) atoms. The molecule has 0 N–H and O–H groups in total. The van der Waals surface area contributed by atoms with Crippen LogP contribution in [0.25, 0.3) is 0 Å². The smallest absolute Gasteiger partial charge is 0.264 e. The number of benzene rings is 2. The van der Waals surface area contributed by atoms with Crippen molar-refractivity contribution in [2.75, 3.05) is 37.7 Å². The number of hydrogen-bond donors (Lipinski definition) is 0. The molecule has 2 aromatic carbocycles. The molecule has 2 aromatic rings. The molecule has 0 atom stereocenters. The summed E-state index contributed by atoms with van der Waals surface area (Å²) in [6.45, 7) is 1.19. The van der Waals surface area contributed by atoms with Crippen LogP contribution in [-0.2, 0) is 24.8 Å². The van der Waals surface area contributed by atoms with E-state index in [2.05, 4.69) is 0 Å². The lowest BCUT2D eigenvalue weighted by Gasteiger charge is -2.26. The molecule has 148 valence electrons. The van der Waals surface area contributed by atoms with Gasteiger partial charge in [-0.25, -0.2) is 16.8 Å². The van der Waals surface area contributed by atoms with Gasteiger partial charge in [-0.1, -0.05) is 6.07 Å². The van der Waals surface area contributed by atoms with Gasteiger partial charge in [0, 0.05) is 20.1 Å². The summed E-state index contributed by atoms with van der Waals surface area (Å²) in [7, 11) is -6.23. The summed E-state index contributed by atoms with van der Waals surface area (Å²) < 4.78 is 58.6. The highest BCUT2D eigenvalue weighted by Gasteiger charge is 2.27. The van der Waals surface area contributed by atoms with Gasteiger partial charge in [0.15, 0.2) is 0 Å². The van der Waals surface area contributed by atoms with Crippen LogP contribution < -0.4 is 4.31 Å². The van der Waals surface area contributed by atoms with Crippen molar-refractivity contribution in [3.05, 3.63) is 54.1 Å². The van der Waals surface area contributed by atoms with Gasteiger partial charge in [0.1, 0.15) is 0 Å². The van der Waals surface area contributed by atoms with Crippen molar-refractivity contribution in [3.63, 3.8) is 0 Å². The maximum Gasteiger partial charge on any atom is 0.264 e. The zero-order valence-electron chi connectivity index (χ0n) is 15.1. The summed E-state index contributed by atoms with van der Waals surface area (Å²) in [4.78, 5) is -0.0132. The highest BCUT2D eigenvalue weighted by atomic mass is 32.2. The molecular weight excluding hydrogens is 402 g/mol. The Balaban J connectivity index is 1.88. The zero-order valence-corrected chi connectivity index (χ0v) is 16.8. The molecule has 8 nitrogen and oxygen atoms in total. The molecule has 0 bridgehead atoms. The van der Waals surface area contributed by atoms with Gasteiger partial charge < -0.3 is 4.74 Å². The maximum absolute atomic E-state index is 12.9. The van der Waals surface area contributed by atoms with Crippen molar-refractivity contribution >= 4 is 25.7 Å². The van der Waals surface area contributed by atoms with Gasteiger partial charge in [-0.15, -0.1) is 0 Å². The van der Waals surface area contributed by atoms with Crippen LogP contribution in [0.5, 0.6) is 0 Å². The van der Waals surface area contributed by atoms with Crippen molar-refractivity contribution in [1.29, 1.82) is 5.26 Å². The Morgan fingerprint density at radius 3 is 2.21 bits per heavy atom. The summed E-state index contributed by atoms with van der Waals surface area (Å²) in [6, 6.07) is 13.3. The average molecular weight is 422 g/mol. The Labute approximate surface area is 164 Å². The average Bonchev–Trinajstić information content (AvgIpc) is 2.74. The molecule has 0 aromatic heterocycles. The first-order chi connectivity index (χ1) is 13.3. The van der Waals surface area contributed by atoms with Crippen LogP contribution >= 0.6 is 0 Å². The lowest BCUT2D eigenvalue weighted by molar-refractivity contribution is 0.0730. The largest absolute Gasteiger partial charge is 0.379 e. The van der Waals surface area contributed by atoms with E-state index >= 15 is 0 Å². The van der Waals surface area contributed by atoms with Crippen LogP contribution in [0.4, 0.5) is 5.69 Å². The zero-order chi connectivity index (χ0) is 20.4. The molecule has 0 radical (unpaired) electrons. The van der Waals surface area contributed by atoms with E-state index < -0.39 is 20.0 Å². The number of nitriles is 1. The van der Waals surface area contributed by atoms with E-state index in [0.29, 0.717) is 24.5 Å². The number of rotatable bonds is 5. The maximum atomic E-state index is 12.9. The fourth-order valence-electron chi connectivity index (χ4n) is 2.79. The number of sulfonamides is 2. The number of anilines is 1. The van der Waals surface area contributed by atoms with Crippen molar-refractivity contribution in [1.82, 2.24) is 4.31 Å².